The van der Waals surface area contributed by atoms with Gasteiger partial charge < -0.3 is 19.7 Å². The molecule has 33 heavy (non-hydrogen) atoms. The highest BCUT2D eigenvalue weighted by atomic mass is 16.6. The third-order valence-corrected chi connectivity index (χ3v) is 7.92. The second-order valence-electron chi connectivity index (χ2n) is 10.6. The fraction of sp³-hybridized carbons (Fsp3) is 0.750. The Morgan fingerprint density at radius 1 is 1.15 bits per heavy atom. The van der Waals surface area contributed by atoms with Crippen LogP contribution in [0.25, 0.3) is 0 Å². The molecule has 1 fully saturated rings. The molecular weight excluding hydrogens is 416 g/mol. The van der Waals surface area contributed by atoms with Gasteiger partial charge in [-0.05, 0) is 86.3 Å². The number of unbranched alkanes of at least 4 members (excludes halogenated alkanes) is 2. The quantitative estimate of drug-likeness (QED) is 0.336. The lowest BCUT2D eigenvalue weighted by Crippen LogP contribution is -2.28. The standard InChI is InChI=1S/C28H44O5/c1-5-6-7-10-22(29)12-13-23-24-14-20-9-8-11-27(25(20)15-21(24)16-26(23)30)32-17-28(31)33-19(4)18(2)3/h8-9,11,18-19,21-24,26,29-30H,5-7,10,12-17H2,1-4H3/t19-,21+,22+,23-,24+,26-/m1/s1. The zero-order valence-corrected chi connectivity index (χ0v) is 21.0. The number of aliphatic hydroxyl groups is 2. The van der Waals surface area contributed by atoms with Crippen LogP contribution in [0.4, 0.5) is 0 Å². The lowest BCUT2D eigenvalue weighted by Gasteiger charge is -2.32. The molecule has 0 amide bonds. The van der Waals surface area contributed by atoms with E-state index in [1.54, 1.807) is 0 Å². The molecule has 0 spiro atoms. The first kappa shape index (κ1) is 26.0. The predicted octanol–water partition coefficient (Wildman–Crippen LogP) is 5.09. The van der Waals surface area contributed by atoms with Crippen molar-refractivity contribution >= 4 is 5.97 Å². The average molecular weight is 461 g/mol. The molecule has 3 rings (SSSR count). The molecule has 0 heterocycles. The number of benzene rings is 1. The van der Waals surface area contributed by atoms with E-state index in [1.807, 2.05) is 32.9 Å². The maximum Gasteiger partial charge on any atom is 0.344 e. The van der Waals surface area contributed by atoms with Crippen molar-refractivity contribution in [2.75, 3.05) is 6.61 Å². The molecule has 0 saturated heterocycles. The van der Waals surface area contributed by atoms with Crippen LogP contribution in [-0.2, 0) is 22.4 Å². The molecule has 5 heteroatoms. The molecule has 5 nitrogen and oxygen atoms in total. The number of fused-ring (bicyclic) bond motifs is 2. The number of hydrogen-bond acceptors (Lipinski definition) is 5. The molecule has 2 aliphatic rings. The normalized spacial score (nSPS) is 25.9. The van der Waals surface area contributed by atoms with Crippen LogP contribution in [-0.4, -0.2) is 41.1 Å². The highest BCUT2D eigenvalue weighted by Crippen LogP contribution is 2.48. The molecule has 1 aromatic carbocycles. The minimum atomic E-state index is -0.337. The van der Waals surface area contributed by atoms with Gasteiger partial charge in [-0.25, -0.2) is 4.79 Å². The number of ether oxygens (including phenoxy) is 2. The molecule has 6 atom stereocenters. The van der Waals surface area contributed by atoms with Gasteiger partial charge in [-0.15, -0.1) is 0 Å². The zero-order valence-electron chi connectivity index (χ0n) is 21.0. The number of carbonyl (C=O) groups excluding carboxylic acids is 1. The van der Waals surface area contributed by atoms with Crippen molar-refractivity contribution in [2.45, 2.75) is 104 Å². The molecule has 0 bridgehead atoms. The first-order valence-electron chi connectivity index (χ1n) is 13.1. The van der Waals surface area contributed by atoms with E-state index in [0.717, 1.165) is 50.7 Å². The van der Waals surface area contributed by atoms with Crippen molar-refractivity contribution in [1.82, 2.24) is 0 Å². The van der Waals surface area contributed by atoms with E-state index in [0.29, 0.717) is 11.8 Å². The van der Waals surface area contributed by atoms with E-state index in [1.165, 1.54) is 24.0 Å². The van der Waals surface area contributed by atoms with Gasteiger partial charge in [0.1, 0.15) is 11.9 Å². The third-order valence-electron chi connectivity index (χ3n) is 7.92. The fourth-order valence-corrected chi connectivity index (χ4v) is 5.61. The smallest absolute Gasteiger partial charge is 0.344 e. The average Bonchev–Trinajstić information content (AvgIpc) is 3.08. The van der Waals surface area contributed by atoms with Crippen LogP contribution in [0.2, 0.25) is 0 Å². The van der Waals surface area contributed by atoms with Gasteiger partial charge in [0.05, 0.1) is 12.2 Å². The van der Waals surface area contributed by atoms with E-state index < -0.39 is 0 Å². The summed E-state index contributed by atoms with van der Waals surface area (Å²) in [6, 6.07) is 6.08. The SMILES string of the molecule is CCCCC[C@H](O)CC[C@@H]1[C@H]2Cc3cccc(OCC(=O)O[C@H](C)C(C)C)c3C[C@H]2C[C@H]1O. The topological polar surface area (TPSA) is 76.0 Å². The van der Waals surface area contributed by atoms with Crippen molar-refractivity contribution in [3.05, 3.63) is 29.3 Å². The van der Waals surface area contributed by atoms with Crippen LogP contribution < -0.4 is 4.74 Å². The summed E-state index contributed by atoms with van der Waals surface area (Å²) in [6.45, 7) is 8.05. The Balaban J connectivity index is 1.58. The highest BCUT2D eigenvalue weighted by molar-refractivity contribution is 5.71. The minimum absolute atomic E-state index is 0.0806. The predicted molar refractivity (Wildman–Crippen MR) is 130 cm³/mol. The van der Waals surface area contributed by atoms with Crippen molar-refractivity contribution in [1.29, 1.82) is 0 Å². The Morgan fingerprint density at radius 2 is 1.94 bits per heavy atom. The molecule has 0 aliphatic heterocycles. The Bertz CT molecular complexity index is 761. The lowest BCUT2D eigenvalue weighted by atomic mass is 9.73. The first-order chi connectivity index (χ1) is 15.8. The van der Waals surface area contributed by atoms with Gasteiger partial charge in [0.2, 0.25) is 0 Å². The van der Waals surface area contributed by atoms with Crippen LogP contribution in [0.5, 0.6) is 5.75 Å². The second-order valence-corrected chi connectivity index (χ2v) is 10.6. The molecule has 0 aromatic heterocycles. The van der Waals surface area contributed by atoms with Crippen molar-refractivity contribution < 1.29 is 24.5 Å². The summed E-state index contributed by atoms with van der Waals surface area (Å²) in [5.41, 5.74) is 2.44. The number of hydrogen-bond donors (Lipinski definition) is 2. The maximum absolute atomic E-state index is 12.2. The van der Waals surface area contributed by atoms with Crippen LogP contribution in [0.15, 0.2) is 18.2 Å². The Kier molecular flexibility index (Phi) is 9.63. The van der Waals surface area contributed by atoms with Gasteiger partial charge >= 0.3 is 5.97 Å². The van der Waals surface area contributed by atoms with Crippen molar-refractivity contribution in [3.63, 3.8) is 0 Å². The Hall–Kier alpha value is -1.59. The highest BCUT2D eigenvalue weighted by Gasteiger charge is 2.44. The van der Waals surface area contributed by atoms with Crippen LogP contribution in [0.3, 0.4) is 0 Å². The molecular formula is C28H44O5. The summed E-state index contributed by atoms with van der Waals surface area (Å²) in [6.07, 6.45) is 7.89. The van der Waals surface area contributed by atoms with Crippen LogP contribution in [0.1, 0.15) is 83.8 Å². The van der Waals surface area contributed by atoms with Gasteiger partial charge in [0.25, 0.3) is 0 Å². The van der Waals surface area contributed by atoms with Gasteiger partial charge in [0.15, 0.2) is 6.61 Å². The Labute approximate surface area is 199 Å². The molecule has 186 valence electrons. The van der Waals surface area contributed by atoms with Gasteiger partial charge in [-0.2, -0.15) is 0 Å². The summed E-state index contributed by atoms with van der Waals surface area (Å²) in [4.78, 5) is 12.2. The summed E-state index contributed by atoms with van der Waals surface area (Å²) < 4.78 is 11.3. The summed E-state index contributed by atoms with van der Waals surface area (Å²) in [7, 11) is 0. The summed E-state index contributed by atoms with van der Waals surface area (Å²) in [5, 5.41) is 21.2. The molecule has 2 aliphatic carbocycles. The number of rotatable bonds is 12. The molecule has 0 radical (unpaired) electrons. The van der Waals surface area contributed by atoms with E-state index in [2.05, 4.69) is 13.0 Å². The molecule has 2 N–H and O–H groups in total. The lowest BCUT2D eigenvalue weighted by molar-refractivity contribution is -0.152. The second kappa shape index (κ2) is 12.2. The minimum Gasteiger partial charge on any atom is -0.482 e. The van der Waals surface area contributed by atoms with Crippen LogP contribution in [0, 0.1) is 23.7 Å². The first-order valence-corrected chi connectivity index (χ1v) is 13.1. The van der Waals surface area contributed by atoms with E-state index >= 15 is 0 Å². The van der Waals surface area contributed by atoms with E-state index in [-0.39, 0.29) is 42.7 Å². The Morgan fingerprint density at radius 3 is 2.67 bits per heavy atom. The van der Waals surface area contributed by atoms with Crippen molar-refractivity contribution in [2.24, 2.45) is 23.7 Å². The van der Waals surface area contributed by atoms with Crippen LogP contribution >= 0.6 is 0 Å². The largest absolute Gasteiger partial charge is 0.482 e. The fourth-order valence-electron chi connectivity index (χ4n) is 5.61. The molecule has 1 saturated carbocycles. The zero-order chi connectivity index (χ0) is 24.0. The molecule has 1 aromatic rings. The number of esters is 1. The van der Waals surface area contributed by atoms with Gasteiger partial charge in [-0.1, -0.05) is 52.2 Å². The van der Waals surface area contributed by atoms with Gasteiger partial charge in [0, 0.05) is 0 Å². The maximum atomic E-state index is 12.2. The molecule has 0 unspecified atom stereocenters. The summed E-state index contributed by atoms with van der Waals surface area (Å²) in [5.74, 6) is 1.83. The van der Waals surface area contributed by atoms with Crippen molar-refractivity contribution in [3.8, 4) is 5.75 Å². The monoisotopic (exact) mass is 460 g/mol. The van der Waals surface area contributed by atoms with Gasteiger partial charge in [-0.3, -0.25) is 0 Å². The van der Waals surface area contributed by atoms with E-state index in [9.17, 15) is 15.0 Å². The summed E-state index contributed by atoms with van der Waals surface area (Å²) >= 11 is 0. The third kappa shape index (κ3) is 6.95. The van der Waals surface area contributed by atoms with E-state index in [4.69, 9.17) is 9.47 Å². The number of carbonyl (C=O) groups is 1. The number of aliphatic hydroxyl groups excluding tert-OH is 2.